The molecule has 1 aromatic carbocycles. The van der Waals surface area contributed by atoms with Gasteiger partial charge in [-0.3, -0.25) is 14.6 Å². The number of nitrogens with zero attached hydrogens (tertiary/aromatic N) is 2. The molecule has 3 rings (SSSR count). The normalized spacial score (nSPS) is 17.4. The molecule has 9 nitrogen and oxygen atoms in total. The summed E-state index contributed by atoms with van der Waals surface area (Å²) in [6.07, 6.45) is 3.57. The third-order valence-electron chi connectivity index (χ3n) is 5.49. The molecule has 0 bridgehead atoms. The molecule has 9 heteroatoms. The van der Waals surface area contributed by atoms with Crippen molar-refractivity contribution >= 4 is 17.4 Å². The largest absolute Gasteiger partial charge is 0.507 e. The molecule has 0 saturated carbocycles. The first-order valence-electron chi connectivity index (χ1n) is 10.9. The number of pyridine rings is 1. The summed E-state index contributed by atoms with van der Waals surface area (Å²) in [4.78, 5) is 31.6. The Balaban J connectivity index is 2.15. The summed E-state index contributed by atoms with van der Waals surface area (Å²) >= 11 is 0. The Morgan fingerprint density at radius 3 is 2.21 bits per heavy atom. The van der Waals surface area contributed by atoms with E-state index in [1.165, 1.54) is 38.6 Å². The lowest BCUT2D eigenvalue weighted by molar-refractivity contribution is -0.140. The van der Waals surface area contributed by atoms with E-state index >= 15 is 0 Å². The maximum Gasteiger partial charge on any atom is 0.295 e. The van der Waals surface area contributed by atoms with Crippen LogP contribution < -0.4 is 14.2 Å². The number of rotatable bonds is 10. The summed E-state index contributed by atoms with van der Waals surface area (Å²) in [6.45, 7) is 4.53. The number of hydrogen-bond acceptors (Lipinski definition) is 8. The summed E-state index contributed by atoms with van der Waals surface area (Å²) in [7, 11) is 4.46. The van der Waals surface area contributed by atoms with Crippen molar-refractivity contribution in [3.63, 3.8) is 0 Å². The van der Waals surface area contributed by atoms with Gasteiger partial charge >= 0.3 is 0 Å². The first-order chi connectivity index (χ1) is 16.3. The molecule has 1 unspecified atom stereocenters. The number of ketones is 1. The SMILES string of the molecule is COc1cc(C2/C(=C(\O)c3ccncc3)C(=O)C(=O)N2CCCOC(C)C)cc(OC)c1OC. The van der Waals surface area contributed by atoms with E-state index in [0.717, 1.165) is 0 Å². The zero-order valence-electron chi connectivity index (χ0n) is 20.0. The number of benzene rings is 1. The predicted molar refractivity (Wildman–Crippen MR) is 125 cm³/mol. The average molecular weight is 471 g/mol. The Hall–Kier alpha value is -3.59. The van der Waals surface area contributed by atoms with Gasteiger partial charge in [0.25, 0.3) is 11.7 Å². The molecular formula is C25H30N2O7. The molecule has 2 aromatic rings. The molecule has 0 aliphatic carbocycles. The van der Waals surface area contributed by atoms with Gasteiger partial charge < -0.3 is 29.0 Å². The summed E-state index contributed by atoms with van der Waals surface area (Å²) in [5.74, 6) is -0.619. The Kier molecular flexibility index (Phi) is 8.12. The van der Waals surface area contributed by atoms with Crippen molar-refractivity contribution in [3.8, 4) is 17.2 Å². The predicted octanol–water partition coefficient (Wildman–Crippen LogP) is 3.34. The van der Waals surface area contributed by atoms with Gasteiger partial charge in [0, 0.05) is 31.1 Å². The molecule has 2 heterocycles. The van der Waals surface area contributed by atoms with Crippen LogP contribution in [0, 0.1) is 0 Å². The van der Waals surface area contributed by atoms with Crippen LogP contribution in [-0.4, -0.2) is 67.3 Å². The van der Waals surface area contributed by atoms with Gasteiger partial charge in [-0.15, -0.1) is 0 Å². The van der Waals surface area contributed by atoms with E-state index < -0.39 is 17.7 Å². The monoisotopic (exact) mass is 470 g/mol. The Morgan fingerprint density at radius 1 is 1.06 bits per heavy atom. The van der Waals surface area contributed by atoms with Gasteiger partial charge in [0.05, 0.1) is 39.0 Å². The standard InChI is InChI=1S/C25H30N2O7/c1-15(2)34-12-6-11-27-21(17-13-18(31-3)24(33-5)19(14-17)32-4)20(23(29)25(27)30)22(28)16-7-9-26-10-8-16/h7-10,13-15,21,28H,6,11-12H2,1-5H3/b22-20+. The molecule has 0 spiro atoms. The zero-order chi connectivity index (χ0) is 24.8. The van der Waals surface area contributed by atoms with Crippen molar-refractivity contribution in [2.24, 2.45) is 0 Å². The summed E-state index contributed by atoms with van der Waals surface area (Å²) in [6, 6.07) is 5.64. The number of ether oxygens (including phenoxy) is 4. The highest BCUT2D eigenvalue weighted by Gasteiger charge is 2.46. The van der Waals surface area contributed by atoms with Crippen LogP contribution in [0.1, 0.15) is 37.4 Å². The number of methoxy groups -OCH3 is 3. The van der Waals surface area contributed by atoms with E-state index in [1.807, 2.05) is 13.8 Å². The molecule has 34 heavy (non-hydrogen) atoms. The fourth-order valence-corrected chi connectivity index (χ4v) is 3.94. The molecule has 182 valence electrons. The van der Waals surface area contributed by atoms with E-state index in [4.69, 9.17) is 18.9 Å². The van der Waals surface area contributed by atoms with Crippen LogP contribution >= 0.6 is 0 Å². The number of carbonyl (C=O) groups is 2. The quantitative estimate of drug-likeness (QED) is 0.244. The lowest BCUT2D eigenvalue weighted by Crippen LogP contribution is -2.31. The lowest BCUT2D eigenvalue weighted by Gasteiger charge is -2.26. The van der Waals surface area contributed by atoms with Crippen LogP contribution in [0.2, 0.25) is 0 Å². The van der Waals surface area contributed by atoms with E-state index in [-0.39, 0.29) is 24.0 Å². The number of amides is 1. The minimum Gasteiger partial charge on any atom is -0.507 e. The number of likely N-dealkylation sites (tertiary alicyclic amines) is 1. The van der Waals surface area contributed by atoms with Crippen LogP contribution in [0.5, 0.6) is 17.2 Å². The number of hydrogen-bond donors (Lipinski definition) is 1. The summed E-state index contributed by atoms with van der Waals surface area (Å²) in [5.41, 5.74) is 0.901. The first-order valence-corrected chi connectivity index (χ1v) is 10.9. The number of aromatic nitrogens is 1. The number of aliphatic hydroxyl groups is 1. The Labute approximate surface area is 198 Å². The maximum atomic E-state index is 13.1. The maximum absolute atomic E-state index is 13.1. The minimum absolute atomic E-state index is 0.0183. The summed E-state index contributed by atoms with van der Waals surface area (Å²) in [5, 5.41) is 11.1. The highest BCUT2D eigenvalue weighted by molar-refractivity contribution is 6.46. The molecular weight excluding hydrogens is 440 g/mol. The summed E-state index contributed by atoms with van der Waals surface area (Å²) < 4.78 is 22.0. The second kappa shape index (κ2) is 11.0. The number of aliphatic hydroxyl groups excluding tert-OH is 1. The molecule has 0 radical (unpaired) electrons. The third kappa shape index (κ3) is 4.99. The average Bonchev–Trinajstić information content (AvgIpc) is 3.10. The van der Waals surface area contributed by atoms with Gasteiger partial charge in [-0.25, -0.2) is 0 Å². The zero-order valence-corrected chi connectivity index (χ0v) is 20.0. The van der Waals surface area contributed by atoms with Gasteiger partial charge in [0.2, 0.25) is 5.75 Å². The van der Waals surface area contributed by atoms with Crippen molar-refractivity contribution < 1.29 is 33.6 Å². The molecule has 1 aromatic heterocycles. The Bertz CT molecular complexity index is 1040. The van der Waals surface area contributed by atoms with Crippen molar-refractivity contribution in [1.29, 1.82) is 0 Å². The number of Topliss-reactive ketones (excluding diaryl/α,β-unsaturated/α-hetero) is 1. The van der Waals surface area contributed by atoms with Crippen molar-refractivity contribution in [2.75, 3.05) is 34.5 Å². The van der Waals surface area contributed by atoms with Crippen molar-refractivity contribution in [2.45, 2.75) is 32.4 Å². The van der Waals surface area contributed by atoms with E-state index in [9.17, 15) is 14.7 Å². The highest BCUT2D eigenvalue weighted by atomic mass is 16.5. The highest BCUT2D eigenvalue weighted by Crippen LogP contribution is 2.45. The second-order valence-electron chi connectivity index (χ2n) is 7.96. The fraction of sp³-hybridized carbons (Fsp3) is 0.400. The molecule has 1 fully saturated rings. The first kappa shape index (κ1) is 25.0. The van der Waals surface area contributed by atoms with E-state index in [1.54, 1.807) is 24.3 Å². The fourth-order valence-electron chi connectivity index (χ4n) is 3.94. The molecule has 1 aliphatic heterocycles. The van der Waals surface area contributed by atoms with Gasteiger partial charge in [-0.05, 0) is 50.1 Å². The van der Waals surface area contributed by atoms with Gasteiger partial charge in [-0.1, -0.05) is 0 Å². The van der Waals surface area contributed by atoms with Gasteiger partial charge in [0.15, 0.2) is 11.5 Å². The smallest absolute Gasteiger partial charge is 0.295 e. The molecule has 1 N–H and O–H groups in total. The van der Waals surface area contributed by atoms with E-state index in [0.29, 0.717) is 41.4 Å². The molecule has 1 atom stereocenters. The number of carbonyl (C=O) groups excluding carboxylic acids is 2. The lowest BCUT2D eigenvalue weighted by atomic mass is 9.95. The van der Waals surface area contributed by atoms with Crippen LogP contribution in [0.4, 0.5) is 0 Å². The van der Waals surface area contributed by atoms with Crippen LogP contribution in [0.15, 0.2) is 42.2 Å². The molecule has 1 amide bonds. The van der Waals surface area contributed by atoms with Crippen LogP contribution in [0.25, 0.3) is 5.76 Å². The minimum atomic E-state index is -0.860. The van der Waals surface area contributed by atoms with Crippen LogP contribution in [0.3, 0.4) is 0 Å². The van der Waals surface area contributed by atoms with E-state index in [2.05, 4.69) is 4.98 Å². The third-order valence-corrected chi connectivity index (χ3v) is 5.49. The molecule has 1 aliphatic rings. The topological polar surface area (TPSA) is 107 Å². The van der Waals surface area contributed by atoms with Crippen LogP contribution in [-0.2, 0) is 14.3 Å². The second-order valence-corrected chi connectivity index (χ2v) is 7.96. The van der Waals surface area contributed by atoms with Gasteiger partial charge in [0.1, 0.15) is 5.76 Å². The molecule has 1 saturated heterocycles. The van der Waals surface area contributed by atoms with Crippen molar-refractivity contribution in [3.05, 3.63) is 53.4 Å². The Morgan fingerprint density at radius 2 is 1.68 bits per heavy atom. The van der Waals surface area contributed by atoms with Crippen molar-refractivity contribution in [1.82, 2.24) is 9.88 Å². The van der Waals surface area contributed by atoms with Gasteiger partial charge in [-0.2, -0.15) is 0 Å².